The first-order chi connectivity index (χ1) is 8.15. The largest absolute Gasteiger partial charge is 0.325 e. The molecule has 1 unspecified atom stereocenters. The van der Waals surface area contributed by atoms with E-state index >= 15 is 0 Å². The third-order valence-corrected chi connectivity index (χ3v) is 4.38. The van der Waals surface area contributed by atoms with Crippen LogP contribution in [0.4, 0.5) is 0 Å². The van der Waals surface area contributed by atoms with Crippen LogP contribution in [0.3, 0.4) is 0 Å². The van der Waals surface area contributed by atoms with Gasteiger partial charge in [-0.2, -0.15) is 0 Å². The van der Waals surface area contributed by atoms with Gasteiger partial charge in [-0.25, -0.2) is 0 Å². The lowest BCUT2D eigenvalue weighted by Gasteiger charge is -2.53. The number of nitrogens with zero attached hydrogens (tertiary/aromatic N) is 2. The monoisotopic (exact) mass is 241 g/mol. The van der Waals surface area contributed by atoms with E-state index in [1.165, 1.54) is 0 Å². The van der Waals surface area contributed by atoms with Crippen LogP contribution in [0.5, 0.6) is 0 Å². The molecule has 0 aromatic heterocycles. The SMILES string of the molecule is CC(N)C(C)(N1CCNCC1)N1CCNCC1. The van der Waals surface area contributed by atoms with Crippen molar-refractivity contribution in [2.24, 2.45) is 5.73 Å². The highest BCUT2D eigenvalue weighted by Crippen LogP contribution is 2.24. The van der Waals surface area contributed by atoms with Gasteiger partial charge >= 0.3 is 0 Å². The number of hydrogen-bond donors (Lipinski definition) is 3. The summed E-state index contributed by atoms with van der Waals surface area (Å²) in [6.07, 6.45) is 0. The van der Waals surface area contributed by atoms with Gasteiger partial charge in [0.25, 0.3) is 0 Å². The number of rotatable bonds is 3. The van der Waals surface area contributed by atoms with E-state index in [9.17, 15) is 0 Å². The van der Waals surface area contributed by atoms with E-state index in [1.54, 1.807) is 0 Å². The Morgan fingerprint density at radius 3 is 1.59 bits per heavy atom. The second kappa shape index (κ2) is 5.63. The summed E-state index contributed by atoms with van der Waals surface area (Å²) in [5.41, 5.74) is 6.31. The molecule has 5 nitrogen and oxygen atoms in total. The Hall–Kier alpha value is -0.200. The molecule has 1 atom stereocenters. The van der Waals surface area contributed by atoms with Crippen LogP contribution in [-0.4, -0.2) is 73.9 Å². The Morgan fingerprint density at radius 2 is 1.29 bits per heavy atom. The van der Waals surface area contributed by atoms with Gasteiger partial charge in [0.1, 0.15) is 0 Å². The van der Waals surface area contributed by atoms with Crippen molar-refractivity contribution < 1.29 is 0 Å². The van der Waals surface area contributed by atoms with E-state index in [4.69, 9.17) is 5.73 Å². The van der Waals surface area contributed by atoms with Crippen molar-refractivity contribution in [3.05, 3.63) is 0 Å². The molecule has 2 rings (SSSR count). The van der Waals surface area contributed by atoms with E-state index < -0.39 is 0 Å². The molecule has 2 aliphatic heterocycles. The van der Waals surface area contributed by atoms with Crippen molar-refractivity contribution in [1.82, 2.24) is 20.4 Å². The lowest BCUT2D eigenvalue weighted by atomic mass is 9.98. The molecule has 5 heteroatoms. The zero-order chi connectivity index (χ0) is 12.3. The van der Waals surface area contributed by atoms with Crippen LogP contribution in [0.15, 0.2) is 0 Å². The normalized spacial score (nSPS) is 27.0. The van der Waals surface area contributed by atoms with Crippen LogP contribution >= 0.6 is 0 Å². The van der Waals surface area contributed by atoms with Gasteiger partial charge in [0.05, 0.1) is 5.66 Å². The molecule has 2 heterocycles. The van der Waals surface area contributed by atoms with Crippen molar-refractivity contribution in [3.8, 4) is 0 Å². The second-order valence-electron chi connectivity index (χ2n) is 5.36. The highest BCUT2D eigenvalue weighted by molar-refractivity contribution is 4.96. The van der Waals surface area contributed by atoms with Crippen molar-refractivity contribution in [2.45, 2.75) is 25.6 Å². The zero-order valence-corrected chi connectivity index (χ0v) is 11.2. The molecule has 0 spiro atoms. The molecular formula is C12H27N5. The summed E-state index contributed by atoms with van der Waals surface area (Å²) in [4.78, 5) is 5.11. The molecule has 100 valence electrons. The fraction of sp³-hybridized carbons (Fsp3) is 1.00. The molecule has 0 amide bonds. The smallest absolute Gasteiger partial charge is 0.0863 e. The van der Waals surface area contributed by atoms with Gasteiger partial charge in [-0.3, -0.25) is 9.80 Å². The first-order valence-corrected chi connectivity index (χ1v) is 6.83. The van der Waals surface area contributed by atoms with Crippen LogP contribution in [-0.2, 0) is 0 Å². The van der Waals surface area contributed by atoms with Crippen molar-refractivity contribution in [2.75, 3.05) is 52.4 Å². The molecule has 0 aromatic rings. The molecule has 0 aliphatic carbocycles. The Kier molecular flexibility index (Phi) is 4.38. The van der Waals surface area contributed by atoms with Gasteiger partial charge in [-0.15, -0.1) is 0 Å². The molecule has 0 aromatic carbocycles. The van der Waals surface area contributed by atoms with Gasteiger partial charge in [-0.1, -0.05) is 0 Å². The van der Waals surface area contributed by atoms with E-state index in [0.717, 1.165) is 52.4 Å². The molecule has 0 bridgehead atoms. The van der Waals surface area contributed by atoms with Gasteiger partial charge in [-0.05, 0) is 13.8 Å². The number of nitrogens with one attached hydrogen (secondary N) is 2. The summed E-state index contributed by atoms with van der Waals surface area (Å²) in [5, 5.41) is 6.83. The van der Waals surface area contributed by atoms with Crippen LogP contribution in [0.25, 0.3) is 0 Å². The topological polar surface area (TPSA) is 56.6 Å². The molecule has 17 heavy (non-hydrogen) atoms. The van der Waals surface area contributed by atoms with E-state index in [1.807, 2.05) is 0 Å². The Balaban J connectivity index is 2.11. The van der Waals surface area contributed by atoms with E-state index in [0.29, 0.717) is 0 Å². The van der Waals surface area contributed by atoms with Gasteiger partial charge in [0.15, 0.2) is 0 Å². The molecular weight excluding hydrogens is 214 g/mol. The highest BCUT2D eigenvalue weighted by atomic mass is 15.4. The fourth-order valence-electron chi connectivity index (χ4n) is 3.01. The first kappa shape index (κ1) is 13.2. The molecule has 0 radical (unpaired) electrons. The number of nitrogens with two attached hydrogens (primary N) is 1. The average Bonchev–Trinajstić information content (AvgIpc) is 2.39. The molecule has 2 fully saturated rings. The van der Waals surface area contributed by atoms with Gasteiger partial charge < -0.3 is 16.4 Å². The zero-order valence-electron chi connectivity index (χ0n) is 11.2. The minimum atomic E-state index is 0.00417. The summed E-state index contributed by atoms with van der Waals surface area (Å²) in [5.74, 6) is 0. The van der Waals surface area contributed by atoms with Crippen molar-refractivity contribution >= 4 is 0 Å². The van der Waals surface area contributed by atoms with Gasteiger partial charge in [0, 0.05) is 58.4 Å². The molecule has 2 saturated heterocycles. The minimum Gasteiger partial charge on any atom is -0.325 e. The minimum absolute atomic E-state index is 0.00417. The van der Waals surface area contributed by atoms with E-state index in [-0.39, 0.29) is 11.7 Å². The lowest BCUT2D eigenvalue weighted by molar-refractivity contribution is -0.0715. The fourth-order valence-corrected chi connectivity index (χ4v) is 3.01. The Bertz CT molecular complexity index is 213. The predicted molar refractivity (Wildman–Crippen MR) is 70.9 cm³/mol. The standard InChI is InChI=1S/C12H27N5/c1-11(13)12(2,16-7-3-14-4-8-16)17-9-5-15-6-10-17/h11,14-15H,3-10,13H2,1-2H3. The summed E-state index contributed by atoms with van der Waals surface area (Å²) < 4.78 is 0. The van der Waals surface area contributed by atoms with Crippen LogP contribution in [0.2, 0.25) is 0 Å². The van der Waals surface area contributed by atoms with Crippen LogP contribution < -0.4 is 16.4 Å². The number of piperazine rings is 2. The van der Waals surface area contributed by atoms with Gasteiger partial charge in [0.2, 0.25) is 0 Å². The van der Waals surface area contributed by atoms with Crippen molar-refractivity contribution in [1.29, 1.82) is 0 Å². The maximum absolute atomic E-state index is 6.31. The van der Waals surface area contributed by atoms with Crippen molar-refractivity contribution in [3.63, 3.8) is 0 Å². The number of hydrogen-bond acceptors (Lipinski definition) is 5. The predicted octanol–water partition coefficient (Wildman–Crippen LogP) is -1.14. The molecule has 4 N–H and O–H groups in total. The maximum Gasteiger partial charge on any atom is 0.0863 e. The lowest BCUT2D eigenvalue weighted by Crippen LogP contribution is -2.71. The summed E-state index contributed by atoms with van der Waals surface area (Å²) >= 11 is 0. The first-order valence-electron chi connectivity index (χ1n) is 6.83. The van der Waals surface area contributed by atoms with Crippen LogP contribution in [0.1, 0.15) is 13.8 Å². The molecule has 2 aliphatic rings. The third kappa shape index (κ3) is 2.63. The Morgan fingerprint density at radius 1 is 0.941 bits per heavy atom. The van der Waals surface area contributed by atoms with Crippen LogP contribution in [0, 0.1) is 0 Å². The summed E-state index contributed by atoms with van der Waals surface area (Å²) in [6, 6.07) is 0.165. The average molecular weight is 241 g/mol. The quantitative estimate of drug-likeness (QED) is 0.583. The summed E-state index contributed by atoms with van der Waals surface area (Å²) in [6.45, 7) is 13.2. The maximum atomic E-state index is 6.31. The highest BCUT2D eigenvalue weighted by Gasteiger charge is 2.41. The molecule has 0 saturated carbocycles. The second-order valence-corrected chi connectivity index (χ2v) is 5.36. The third-order valence-electron chi connectivity index (χ3n) is 4.38. The summed E-state index contributed by atoms with van der Waals surface area (Å²) in [7, 11) is 0. The Labute approximate surface area is 105 Å². The van der Waals surface area contributed by atoms with E-state index in [2.05, 4.69) is 34.3 Å².